The summed E-state index contributed by atoms with van der Waals surface area (Å²) >= 11 is 12.9. The van der Waals surface area contributed by atoms with E-state index in [0.717, 1.165) is 16.9 Å². The summed E-state index contributed by atoms with van der Waals surface area (Å²) in [7, 11) is 0. The van der Waals surface area contributed by atoms with Gasteiger partial charge in [-0.15, -0.1) is 0 Å². The van der Waals surface area contributed by atoms with Gasteiger partial charge in [-0.1, -0.05) is 46.6 Å². The van der Waals surface area contributed by atoms with Gasteiger partial charge in [0.2, 0.25) is 0 Å². The lowest BCUT2D eigenvalue weighted by Gasteiger charge is -2.02. The summed E-state index contributed by atoms with van der Waals surface area (Å²) in [6.07, 6.45) is 0. The number of benzene rings is 2. The molecule has 0 aliphatic heterocycles. The Balaban J connectivity index is 2.12. The lowest BCUT2D eigenvalue weighted by atomic mass is 10.1. The summed E-state index contributed by atoms with van der Waals surface area (Å²) < 4.78 is 5.10. The first kappa shape index (κ1) is 14.7. The first-order chi connectivity index (χ1) is 9.70. The van der Waals surface area contributed by atoms with E-state index in [1.54, 1.807) is 18.2 Å². The molecule has 0 heterocycles. The Labute approximate surface area is 131 Å². The predicted molar refractivity (Wildman–Crippen MR) is 82.0 cm³/mol. The fraction of sp³-hybridized carbons (Fsp3) is 0. The molecule has 0 atom stereocenters. The van der Waals surface area contributed by atoms with E-state index in [2.05, 4.69) is 5.16 Å². The van der Waals surface area contributed by atoms with Crippen LogP contribution in [0.5, 0.6) is 0 Å². The van der Waals surface area contributed by atoms with Gasteiger partial charge in [0.05, 0.1) is 9.92 Å². The summed E-state index contributed by atoms with van der Waals surface area (Å²) in [6, 6.07) is 16.2. The largest absolute Gasteiger partial charge is 0.316 e. The van der Waals surface area contributed by atoms with E-state index in [4.69, 9.17) is 32.7 Å². The molecule has 0 saturated carbocycles. The molecule has 0 bridgehead atoms. The zero-order valence-corrected chi connectivity index (χ0v) is 12.4. The molecule has 2 aromatic carbocycles. The molecule has 0 aromatic heterocycles. The highest BCUT2D eigenvalue weighted by atomic mass is 35.5. The maximum Gasteiger partial charge on any atom is 0.189 e. The standard InChI is InChI=1S/C14H8Cl2N2OS/c15-10-6-7-12(13(16)8-10)14(9-17)18-19-20-11-4-2-1-3-5-11/h1-8H. The first-order valence-electron chi connectivity index (χ1n) is 5.53. The van der Waals surface area contributed by atoms with E-state index >= 15 is 0 Å². The molecule has 100 valence electrons. The van der Waals surface area contributed by atoms with Crippen LogP contribution in [-0.4, -0.2) is 5.71 Å². The van der Waals surface area contributed by atoms with Gasteiger partial charge in [0.15, 0.2) is 5.71 Å². The Hall–Kier alpha value is -1.67. The van der Waals surface area contributed by atoms with Gasteiger partial charge in [-0.05, 0) is 30.3 Å². The van der Waals surface area contributed by atoms with Crippen molar-refractivity contribution in [3.8, 4) is 6.07 Å². The zero-order valence-electron chi connectivity index (χ0n) is 10.1. The lowest BCUT2D eigenvalue weighted by molar-refractivity contribution is 0.406. The molecule has 0 amide bonds. The molecule has 0 spiro atoms. The molecule has 0 fully saturated rings. The Kier molecular flexibility index (Phi) is 5.31. The molecule has 20 heavy (non-hydrogen) atoms. The summed E-state index contributed by atoms with van der Waals surface area (Å²) in [6.45, 7) is 0. The third kappa shape index (κ3) is 3.91. The van der Waals surface area contributed by atoms with Crippen LogP contribution in [0, 0.1) is 11.3 Å². The van der Waals surface area contributed by atoms with Crippen molar-refractivity contribution in [2.75, 3.05) is 0 Å². The number of oxime groups is 1. The summed E-state index contributed by atoms with van der Waals surface area (Å²) in [5.41, 5.74) is 0.572. The monoisotopic (exact) mass is 322 g/mol. The summed E-state index contributed by atoms with van der Waals surface area (Å²) in [5.74, 6) is 0. The Morgan fingerprint density at radius 1 is 1.15 bits per heavy atom. The molecule has 3 nitrogen and oxygen atoms in total. The minimum absolute atomic E-state index is 0.0927. The van der Waals surface area contributed by atoms with Crippen LogP contribution in [0.25, 0.3) is 0 Å². The Bertz CT molecular complexity index is 669. The molecule has 0 unspecified atom stereocenters. The van der Waals surface area contributed by atoms with Gasteiger partial charge in [0.25, 0.3) is 0 Å². The van der Waals surface area contributed by atoms with Crippen LogP contribution in [0.15, 0.2) is 58.6 Å². The summed E-state index contributed by atoms with van der Waals surface area (Å²) in [4.78, 5) is 0.885. The molecule has 0 radical (unpaired) electrons. The number of nitrogens with zero attached hydrogens (tertiary/aromatic N) is 2. The highest BCUT2D eigenvalue weighted by Gasteiger charge is 2.09. The van der Waals surface area contributed by atoms with Crippen LogP contribution in [-0.2, 0) is 4.28 Å². The number of halogens is 2. The average molecular weight is 323 g/mol. The van der Waals surface area contributed by atoms with Gasteiger partial charge in [0.1, 0.15) is 18.1 Å². The Morgan fingerprint density at radius 3 is 2.55 bits per heavy atom. The predicted octanol–water partition coefficient (Wildman–Crippen LogP) is 4.94. The third-order valence-corrected chi connectivity index (χ3v) is 3.46. The SMILES string of the molecule is N#CC(=NOSc1ccccc1)c1ccc(Cl)cc1Cl. The van der Waals surface area contributed by atoms with Gasteiger partial charge in [-0.25, -0.2) is 0 Å². The normalized spacial score (nSPS) is 10.9. The molecule has 2 rings (SSSR count). The van der Waals surface area contributed by atoms with Crippen LogP contribution in [0.2, 0.25) is 10.0 Å². The maximum atomic E-state index is 9.11. The van der Waals surface area contributed by atoms with E-state index in [1.165, 1.54) is 0 Å². The van der Waals surface area contributed by atoms with E-state index < -0.39 is 0 Å². The summed E-state index contributed by atoms with van der Waals surface area (Å²) in [5, 5.41) is 13.7. The van der Waals surface area contributed by atoms with Crippen molar-refractivity contribution in [2.24, 2.45) is 5.16 Å². The van der Waals surface area contributed by atoms with Crippen LogP contribution < -0.4 is 0 Å². The van der Waals surface area contributed by atoms with E-state index in [9.17, 15) is 0 Å². The molecular weight excluding hydrogens is 315 g/mol. The van der Waals surface area contributed by atoms with E-state index in [1.807, 2.05) is 36.4 Å². The second-order valence-electron chi connectivity index (χ2n) is 3.65. The molecule has 0 aliphatic rings. The van der Waals surface area contributed by atoms with Gasteiger partial charge < -0.3 is 4.28 Å². The maximum absolute atomic E-state index is 9.11. The number of nitriles is 1. The Morgan fingerprint density at radius 2 is 1.90 bits per heavy atom. The van der Waals surface area contributed by atoms with Gasteiger partial charge in [0, 0.05) is 10.6 Å². The van der Waals surface area contributed by atoms with Crippen molar-refractivity contribution in [1.82, 2.24) is 0 Å². The molecule has 0 N–H and O–H groups in total. The van der Waals surface area contributed by atoms with Crippen LogP contribution in [0.4, 0.5) is 0 Å². The molecular formula is C14H8Cl2N2OS. The smallest absolute Gasteiger partial charge is 0.189 e. The van der Waals surface area contributed by atoms with Gasteiger partial charge >= 0.3 is 0 Å². The second-order valence-corrected chi connectivity index (χ2v) is 5.28. The van der Waals surface area contributed by atoms with Crippen molar-refractivity contribution >= 4 is 41.0 Å². The molecule has 0 saturated heterocycles. The van der Waals surface area contributed by atoms with Crippen molar-refractivity contribution < 1.29 is 4.28 Å². The topological polar surface area (TPSA) is 45.4 Å². The average Bonchev–Trinajstić information content (AvgIpc) is 2.46. The van der Waals surface area contributed by atoms with Crippen molar-refractivity contribution in [3.63, 3.8) is 0 Å². The fourth-order valence-corrected chi connectivity index (χ4v) is 2.35. The minimum Gasteiger partial charge on any atom is -0.316 e. The molecule has 6 heteroatoms. The van der Waals surface area contributed by atoms with Crippen LogP contribution in [0.1, 0.15) is 5.56 Å². The van der Waals surface area contributed by atoms with Crippen molar-refractivity contribution in [2.45, 2.75) is 4.90 Å². The van der Waals surface area contributed by atoms with E-state index in [-0.39, 0.29) is 5.71 Å². The van der Waals surface area contributed by atoms with Crippen LogP contribution in [0.3, 0.4) is 0 Å². The van der Waals surface area contributed by atoms with Gasteiger partial charge in [-0.3, -0.25) is 0 Å². The van der Waals surface area contributed by atoms with E-state index in [0.29, 0.717) is 15.6 Å². The highest BCUT2D eigenvalue weighted by molar-refractivity contribution is 7.94. The van der Waals surface area contributed by atoms with Crippen LogP contribution >= 0.6 is 35.2 Å². The van der Waals surface area contributed by atoms with Crippen molar-refractivity contribution in [3.05, 3.63) is 64.1 Å². The van der Waals surface area contributed by atoms with Gasteiger partial charge in [-0.2, -0.15) is 5.26 Å². The molecule has 2 aromatic rings. The highest BCUT2D eigenvalue weighted by Crippen LogP contribution is 2.23. The molecule has 0 aliphatic carbocycles. The first-order valence-corrected chi connectivity index (χ1v) is 7.02. The fourth-order valence-electron chi connectivity index (χ4n) is 1.39. The second kappa shape index (κ2) is 7.20. The third-order valence-electron chi connectivity index (χ3n) is 2.30. The lowest BCUT2D eigenvalue weighted by Crippen LogP contribution is -1.98. The van der Waals surface area contributed by atoms with Crippen molar-refractivity contribution in [1.29, 1.82) is 5.26 Å². The number of hydrogen-bond donors (Lipinski definition) is 0. The number of rotatable bonds is 4. The number of hydrogen-bond acceptors (Lipinski definition) is 4. The quantitative estimate of drug-likeness (QED) is 0.454. The minimum atomic E-state index is 0.0927. The zero-order chi connectivity index (χ0) is 14.4.